The minimum Gasteiger partial charge on any atom is -0.408 e. The number of aromatic nitrogens is 1. The fraction of sp³-hybridized carbons (Fsp3) is 0.200. The van der Waals surface area contributed by atoms with Crippen LogP contribution in [0.15, 0.2) is 21.3 Å². The molecule has 1 aromatic carbocycles. The normalized spacial score (nSPS) is 10.8. The molecule has 0 bridgehead atoms. The van der Waals surface area contributed by atoms with Crippen LogP contribution in [-0.2, 0) is 0 Å². The first-order valence-corrected chi connectivity index (χ1v) is 4.88. The zero-order valence-electron chi connectivity index (χ0n) is 7.96. The SMILES string of the molecule is Cc1cc2[nH]c(=O)oc2cc1C(=O)CCl. The third-order valence-corrected chi connectivity index (χ3v) is 2.43. The number of benzene rings is 1. The van der Waals surface area contributed by atoms with Gasteiger partial charge in [-0.2, -0.15) is 0 Å². The van der Waals surface area contributed by atoms with Crippen LogP contribution in [0.2, 0.25) is 0 Å². The Bertz CT molecular complexity index is 582. The van der Waals surface area contributed by atoms with Gasteiger partial charge in [-0.25, -0.2) is 4.79 Å². The second-order valence-corrected chi connectivity index (χ2v) is 3.50. The number of aryl methyl sites for hydroxylation is 1. The molecule has 4 nitrogen and oxygen atoms in total. The Balaban J connectivity index is 2.71. The van der Waals surface area contributed by atoms with Gasteiger partial charge in [-0.15, -0.1) is 11.6 Å². The average Bonchev–Trinajstić information content (AvgIpc) is 2.55. The van der Waals surface area contributed by atoms with Crippen LogP contribution in [0.4, 0.5) is 0 Å². The summed E-state index contributed by atoms with van der Waals surface area (Å²) in [6, 6.07) is 3.23. The van der Waals surface area contributed by atoms with E-state index in [9.17, 15) is 9.59 Å². The first-order chi connectivity index (χ1) is 7.11. The van der Waals surface area contributed by atoms with Gasteiger partial charge >= 0.3 is 5.76 Å². The lowest BCUT2D eigenvalue weighted by Crippen LogP contribution is -2.02. The Kier molecular flexibility index (Phi) is 2.36. The lowest BCUT2D eigenvalue weighted by molar-refractivity contribution is 0.102. The molecule has 0 unspecified atom stereocenters. The van der Waals surface area contributed by atoms with Gasteiger partial charge in [0.25, 0.3) is 0 Å². The van der Waals surface area contributed by atoms with E-state index in [2.05, 4.69) is 4.98 Å². The molecule has 2 rings (SSSR count). The largest absolute Gasteiger partial charge is 0.417 e. The lowest BCUT2D eigenvalue weighted by atomic mass is 10.1. The van der Waals surface area contributed by atoms with Gasteiger partial charge in [0.15, 0.2) is 11.4 Å². The summed E-state index contributed by atoms with van der Waals surface area (Å²) in [5.41, 5.74) is 2.22. The molecule has 0 aliphatic carbocycles. The van der Waals surface area contributed by atoms with Gasteiger partial charge in [0.2, 0.25) is 0 Å². The Morgan fingerprint density at radius 2 is 2.27 bits per heavy atom. The van der Waals surface area contributed by atoms with E-state index >= 15 is 0 Å². The molecule has 0 radical (unpaired) electrons. The van der Waals surface area contributed by atoms with Crippen molar-refractivity contribution in [3.63, 3.8) is 0 Å². The predicted octanol–water partition coefficient (Wildman–Crippen LogP) is 1.85. The number of Topliss-reactive ketones (excluding diaryl/α,β-unsaturated/α-hetero) is 1. The average molecular weight is 226 g/mol. The van der Waals surface area contributed by atoms with Crippen molar-refractivity contribution in [2.75, 3.05) is 5.88 Å². The Labute approximate surface area is 89.8 Å². The number of hydrogen-bond acceptors (Lipinski definition) is 3. The Morgan fingerprint density at radius 3 is 2.93 bits per heavy atom. The van der Waals surface area contributed by atoms with Crippen LogP contribution < -0.4 is 5.76 Å². The topological polar surface area (TPSA) is 63.1 Å². The fourth-order valence-electron chi connectivity index (χ4n) is 1.48. The maximum absolute atomic E-state index is 11.4. The van der Waals surface area contributed by atoms with E-state index in [1.165, 1.54) is 6.07 Å². The molecule has 0 amide bonds. The molecule has 15 heavy (non-hydrogen) atoms. The number of alkyl halides is 1. The molecular formula is C10H8ClNO3. The van der Waals surface area contributed by atoms with Gasteiger partial charge in [0.1, 0.15) is 0 Å². The van der Waals surface area contributed by atoms with Crippen molar-refractivity contribution in [1.82, 2.24) is 4.98 Å². The first kappa shape index (κ1) is 9.98. The van der Waals surface area contributed by atoms with Crippen molar-refractivity contribution in [3.8, 4) is 0 Å². The zero-order chi connectivity index (χ0) is 11.0. The summed E-state index contributed by atoms with van der Waals surface area (Å²) in [6.45, 7) is 1.78. The monoisotopic (exact) mass is 225 g/mol. The summed E-state index contributed by atoms with van der Waals surface area (Å²) >= 11 is 5.47. The maximum Gasteiger partial charge on any atom is 0.417 e. The molecule has 1 N–H and O–H groups in total. The van der Waals surface area contributed by atoms with E-state index < -0.39 is 5.76 Å². The van der Waals surface area contributed by atoms with Gasteiger partial charge < -0.3 is 4.42 Å². The molecule has 78 valence electrons. The van der Waals surface area contributed by atoms with Gasteiger partial charge in [0, 0.05) is 5.56 Å². The van der Waals surface area contributed by atoms with Crippen molar-refractivity contribution in [2.45, 2.75) is 6.92 Å². The highest BCUT2D eigenvalue weighted by atomic mass is 35.5. The molecule has 0 aliphatic heterocycles. The van der Waals surface area contributed by atoms with Gasteiger partial charge in [-0.3, -0.25) is 9.78 Å². The first-order valence-electron chi connectivity index (χ1n) is 4.34. The molecule has 0 aliphatic rings. The van der Waals surface area contributed by atoms with Crippen LogP contribution in [0.5, 0.6) is 0 Å². The minimum absolute atomic E-state index is 0.0823. The molecule has 1 aromatic heterocycles. The van der Waals surface area contributed by atoms with Crippen molar-refractivity contribution in [2.24, 2.45) is 0 Å². The molecule has 0 atom stereocenters. The van der Waals surface area contributed by atoms with Crippen LogP contribution >= 0.6 is 11.6 Å². The summed E-state index contributed by atoms with van der Waals surface area (Å²) in [5, 5.41) is 0. The summed E-state index contributed by atoms with van der Waals surface area (Å²) in [4.78, 5) is 24.9. The molecule has 0 saturated heterocycles. The van der Waals surface area contributed by atoms with E-state index in [-0.39, 0.29) is 11.7 Å². The number of H-pyrrole nitrogens is 1. The highest BCUT2D eigenvalue weighted by Crippen LogP contribution is 2.17. The minimum atomic E-state index is -0.528. The number of ketones is 1. The smallest absolute Gasteiger partial charge is 0.408 e. The van der Waals surface area contributed by atoms with E-state index in [4.69, 9.17) is 16.0 Å². The van der Waals surface area contributed by atoms with E-state index in [0.29, 0.717) is 16.7 Å². The molecule has 0 saturated carbocycles. The van der Waals surface area contributed by atoms with Crippen LogP contribution in [0, 0.1) is 6.92 Å². The van der Waals surface area contributed by atoms with Crippen molar-refractivity contribution in [1.29, 1.82) is 0 Å². The van der Waals surface area contributed by atoms with Gasteiger partial charge in [0.05, 0.1) is 11.4 Å². The van der Waals surface area contributed by atoms with Gasteiger partial charge in [-0.05, 0) is 24.6 Å². The second-order valence-electron chi connectivity index (χ2n) is 3.23. The summed E-state index contributed by atoms with van der Waals surface area (Å²) in [6.07, 6.45) is 0. The van der Waals surface area contributed by atoms with E-state index in [1.807, 2.05) is 0 Å². The number of aromatic amines is 1. The quantitative estimate of drug-likeness (QED) is 0.627. The number of hydrogen-bond donors (Lipinski definition) is 1. The lowest BCUT2D eigenvalue weighted by Gasteiger charge is -2.01. The van der Waals surface area contributed by atoms with Crippen LogP contribution in [0.1, 0.15) is 15.9 Å². The maximum atomic E-state index is 11.4. The highest BCUT2D eigenvalue weighted by Gasteiger charge is 2.11. The van der Waals surface area contributed by atoms with Crippen molar-refractivity contribution >= 4 is 28.5 Å². The predicted molar refractivity (Wildman–Crippen MR) is 56.6 cm³/mol. The third-order valence-electron chi connectivity index (χ3n) is 2.19. The van der Waals surface area contributed by atoms with E-state index in [1.54, 1.807) is 13.0 Å². The number of carbonyl (C=O) groups is 1. The zero-order valence-corrected chi connectivity index (χ0v) is 8.72. The number of oxazole rings is 1. The van der Waals surface area contributed by atoms with E-state index in [0.717, 1.165) is 5.56 Å². The Hall–Kier alpha value is -1.55. The number of nitrogens with one attached hydrogen (secondary N) is 1. The molecular weight excluding hydrogens is 218 g/mol. The summed E-state index contributed by atoms with van der Waals surface area (Å²) in [7, 11) is 0. The second kappa shape index (κ2) is 3.55. The number of fused-ring (bicyclic) bond motifs is 1. The standard InChI is InChI=1S/C10H8ClNO3/c1-5-2-7-9(15-10(14)12-7)3-6(5)8(13)4-11/h2-3H,4H2,1H3,(H,12,14). The third kappa shape index (κ3) is 1.68. The summed E-state index contributed by atoms with van der Waals surface area (Å²) < 4.78 is 4.85. The van der Waals surface area contributed by atoms with Gasteiger partial charge in [-0.1, -0.05) is 0 Å². The van der Waals surface area contributed by atoms with Crippen LogP contribution in [0.3, 0.4) is 0 Å². The van der Waals surface area contributed by atoms with Crippen molar-refractivity contribution in [3.05, 3.63) is 33.8 Å². The van der Waals surface area contributed by atoms with Crippen LogP contribution in [-0.4, -0.2) is 16.6 Å². The molecule has 2 aromatic rings. The number of rotatable bonds is 2. The number of halogens is 1. The highest BCUT2D eigenvalue weighted by molar-refractivity contribution is 6.30. The Morgan fingerprint density at radius 1 is 1.53 bits per heavy atom. The molecule has 0 spiro atoms. The molecule has 1 heterocycles. The van der Waals surface area contributed by atoms with Crippen molar-refractivity contribution < 1.29 is 9.21 Å². The fourth-order valence-corrected chi connectivity index (χ4v) is 1.62. The number of carbonyl (C=O) groups excluding carboxylic acids is 1. The summed E-state index contributed by atoms with van der Waals surface area (Å²) in [5.74, 6) is -0.791. The molecule has 5 heteroatoms. The van der Waals surface area contributed by atoms with Crippen LogP contribution in [0.25, 0.3) is 11.1 Å². The molecule has 0 fully saturated rings.